The Kier molecular flexibility index (Phi) is 5.80. The number of ketones is 1. The number of hydrogen-bond acceptors (Lipinski definition) is 3. The molecule has 0 N–H and O–H groups in total. The van der Waals surface area contributed by atoms with E-state index in [1.54, 1.807) is 0 Å². The van der Waals surface area contributed by atoms with Crippen molar-refractivity contribution < 1.29 is 9.53 Å². The number of carbonyl (C=O) groups excluding carboxylic acids is 1. The molecule has 116 valence electrons. The third-order valence-electron chi connectivity index (χ3n) is 4.56. The van der Waals surface area contributed by atoms with Crippen molar-refractivity contribution in [2.45, 2.75) is 26.2 Å². The molecule has 0 spiro atoms. The summed E-state index contributed by atoms with van der Waals surface area (Å²) in [4.78, 5) is 15.1. The van der Waals surface area contributed by atoms with Crippen LogP contribution in [-0.4, -0.2) is 43.5 Å². The molecule has 0 aromatic heterocycles. The van der Waals surface area contributed by atoms with Crippen molar-refractivity contribution >= 4 is 18.2 Å². The summed E-state index contributed by atoms with van der Waals surface area (Å²) in [6, 6.07) is 6.43. The van der Waals surface area contributed by atoms with Gasteiger partial charge in [-0.3, -0.25) is 9.69 Å². The second-order valence-corrected chi connectivity index (χ2v) is 5.86. The minimum Gasteiger partial charge on any atom is -0.379 e. The molecule has 1 unspecified atom stereocenters. The highest BCUT2D eigenvalue weighted by Crippen LogP contribution is 2.27. The number of Topliss-reactive ketones (excluding diaryl/α,β-unsaturated/α-hetero) is 1. The summed E-state index contributed by atoms with van der Waals surface area (Å²) >= 11 is 0. The van der Waals surface area contributed by atoms with Crippen LogP contribution < -0.4 is 0 Å². The summed E-state index contributed by atoms with van der Waals surface area (Å²) < 4.78 is 5.38. The molecule has 1 atom stereocenters. The van der Waals surface area contributed by atoms with Crippen LogP contribution >= 0.6 is 12.4 Å². The first-order chi connectivity index (χ1) is 9.78. The van der Waals surface area contributed by atoms with E-state index < -0.39 is 0 Å². The van der Waals surface area contributed by atoms with Crippen LogP contribution in [0.15, 0.2) is 18.2 Å². The van der Waals surface area contributed by atoms with E-state index in [0.29, 0.717) is 5.78 Å². The van der Waals surface area contributed by atoms with Gasteiger partial charge in [0.1, 0.15) is 0 Å². The quantitative estimate of drug-likeness (QED) is 0.860. The van der Waals surface area contributed by atoms with E-state index in [0.717, 1.165) is 57.7 Å². The van der Waals surface area contributed by atoms with Crippen LogP contribution in [0.1, 0.15) is 34.8 Å². The molecule has 0 bridgehead atoms. The van der Waals surface area contributed by atoms with Gasteiger partial charge in [-0.2, -0.15) is 0 Å². The van der Waals surface area contributed by atoms with Gasteiger partial charge in [0.25, 0.3) is 0 Å². The maximum absolute atomic E-state index is 12.7. The lowest BCUT2D eigenvalue weighted by Gasteiger charge is -2.32. The van der Waals surface area contributed by atoms with E-state index in [-0.39, 0.29) is 18.3 Å². The van der Waals surface area contributed by atoms with Crippen LogP contribution in [0.3, 0.4) is 0 Å². The van der Waals surface area contributed by atoms with Gasteiger partial charge in [0.2, 0.25) is 0 Å². The summed E-state index contributed by atoms with van der Waals surface area (Å²) in [5, 5.41) is 0. The molecule has 1 fully saturated rings. The number of rotatable bonds is 3. The predicted molar refractivity (Wildman–Crippen MR) is 86.5 cm³/mol. The number of morpholine rings is 1. The Morgan fingerprint density at radius 1 is 1.29 bits per heavy atom. The zero-order valence-electron chi connectivity index (χ0n) is 12.6. The van der Waals surface area contributed by atoms with Gasteiger partial charge in [0.15, 0.2) is 5.78 Å². The van der Waals surface area contributed by atoms with Crippen LogP contribution in [0.5, 0.6) is 0 Å². The normalized spacial score (nSPS) is 22.5. The third kappa shape index (κ3) is 3.65. The van der Waals surface area contributed by atoms with Crippen molar-refractivity contribution in [2.24, 2.45) is 5.92 Å². The Balaban J connectivity index is 0.00000161. The molecule has 1 aliphatic carbocycles. The molecule has 21 heavy (non-hydrogen) atoms. The number of fused-ring (bicyclic) bond motifs is 1. The van der Waals surface area contributed by atoms with E-state index in [2.05, 4.69) is 30.0 Å². The van der Waals surface area contributed by atoms with Crippen molar-refractivity contribution in [3.05, 3.63) is 34.9 Å². The summed E-state index contributed by atoms with van der Waals surface area (Å²) in [7, 11) is 0. The van der Waals surface area contributed by atoms with Gasteiger partial charge in [0.05, 0.1) is 13.2 Å². The number of aryl methyl sites for hydroxylation is 2. The molecule has 0 saturated carbocycles. The van der Waals surface area contributed by atoms with Gasteiger partial charge in [-0.05, 0) is 36.5 Å². The minimum absolute atomic E-state index is 0. The Hall–Kier alpha value is -0.900. The minimum atomic E-state index is 0. The van der Waals surface area contributed by atoms with Crippen molar-refractivity contribution in [1.29, 1.82) is 0 Å². The second kappa shape index (κ2) is 7.39. The number of ether oxygens (including phenoxy) is 1. The number of carbonyl (C=O) groups is 1. The largest absolute Gasteiger partial charge is 0.379 e. The molecule has 1 aromatic carbocycles. The zero-order valence-corrected chi connectivity index (χ0v) is 13.5. The highest BCUT2D eigenvalue weighted by atomic mass is 35.5. The molecule has 2 aliphatic rings. The molecule has 1 heterocycles. The lowest BCUT2D eigenvalue weighted by Crippen LogP contribution is -2.42. The summed E-state index contributed by atoms with van der Waals surface area (Å²) in [5.41, 5.74) is 3.49. The van der Waals surface area contributed by atoms with Gasteiger partial charge in [0, 0.05) is 31.1 Å². The van der Waals surface area contributed by atoms with E-state index in [1.807, 2.05) is 0 Å². The maximum atomic E-state index is 12.7. The summed E-state index contributed by atoms with van der Waals surface area (Å²) in [6.07, 6.45) is 3.03. The molecule has 0 amide bonds. The standard InChI is InChI=1S/C17H23NO2.ClH/c1-2-13-3-4-14-5-6-15(17(19)16(14)11-13)12-18-7-9-20-10-8-18;/h3-4,11,15H,2,5-10,12H2,1H3;1H. The fraction of sp³-hybridized carbons (Fsp3) is 0.588. The molecule has 0 radical (unpaired) electrons. The molecular formula is C17H24ClNO2. The van der Waals surface area contributed by atoms with Crippen molar-refractivity contribution in [2.75, 3.05) is 32.8 Å². The van der Waals surface area contributed by atoms with Crippen LogP contribution in [-0.2, 0) is 17.6 Å². The van der Waals surface area contributed by atoms with Gasteiger partial charge in [-0.25, -0.2) is 0 Å². The van der Waals surface area contributed by atoms with Crippen molar-refractivity contribution in [3.8, 4) is 0 Å². The SMILES string of the molecule is CCc1ccc2c(c1)C(=O)C(CN1CCOCC1)CC2.Cl. The van der Waals surface area contributed by atoms with E-state index in [4.69, 9.17) is 4.74 Å². The number of hydrogen-bond donors (Lipinski definition) is 0. The monoisotopic (exact) mass is 309 g/mol. The van der Waals surface area contributed by atoms with Gasteiger partial charge < -0.3 is 4.74 Å². The van der Waals surface area contributed by atoms with Crippen molar-refractivity contribution in [3.63, 3.8) is 0 Å². The molecule has 3 rings (SSSR count). The number of nitrogens with zero attached hydrogens (tertiary/aromatic N) is 1. The Labute approximate surface area is 133 Å². The molecule has 1 saturated heterocycles. The van der Waals surface area contributed by atoms with Crippen LogP contribution in [0.2, 0.25) is 0 Å². The molecule has 1 aliphatic heterocycles. The molecule has 4 heteroatoms. The third-order valence-corrected chi connectivity index (χ3v) is 4.56. The fourth-order valence-electron chi connectivity index (χ4n) is 3.24. The van der Waals surface area contributed by atoms with Crippen molar-refractivity contribution in [1.82, 2.24) is 4.90 Å². The van der Waals surface area contributed by atoms with E-state index >= 15 is 0 Å². The first-order valence-electron chi connectivity index (χ1n) is 7.74. The molecule has 3 nitrogen and oxygen atoms in total. The van der Waals surface area contributed by atoms with Crippen LogP contribution in [0.25, 0.3) is 0 Å². The highest BCUT2D eigenvalue weighted by Gasteiger charge is 2.29. The smallest absolute Gasteiger partial charge is 0.167 e. The van der Waals surface area contributed by atoms with E-state index in [9.17, 15) is 4.79 Å². The summed E-state index contributed by atoms with van der Waals surface area (Å²) in [5.74, 6) is 0.528. The summed E-state index contributed by atoms with van der Waals surface area (Å²) in [6.45, 7) is 6.57. The fourth-order valence-corrected chi connectivity index (χ4v) is 3.24. The lowest BCUT2D eigenvalue weighted by molar-refractivity contribution is 0.0291. The number of benzene rings is 1. The Morgan fingerprint density at radius 2 is 2.05 bits per heavy atom. The molecular weight excluding hydrogens is 286 g/mol. The zero-order chi connectivity index (χ0) is 13.9. The predicted octanol–water partition coefficient (Wildman–Crippen LogP) is 2.75. The van der Waals surface area contributed by atoms with Crippen LogP contribution in [0, 0.1) is 5.92 Å². The maximum Gasteiger partial charge on any atom is 0.167 e. The Morgan fingerprint density at radius 3 is 2.76 bits per heavy atom. The first-order valence-corrected chi connectivity index (χ1v) is 7.74. The molecule has 1 aromatic rings. The highest BCUT2D eigenvalue weighted by molar-refractivity contribution is 6.00. The average molecular weight is 310 g/mol. The first kappa shape index (κ1) is 16.5. The van der Waals surface area contributed by atoms with Gasteiger partial charge >= 0.3 is 0 Å². The lowest BCUT2D eigenvalue weighted by atomic mass is 9.81. The second-order valence-electron chi connectivity index (χ2n) is 5.86. The van der Waals surface area contributed by atoms with Gasteiger partial charge in [-0.15, -0.1) is 12.4 Å². The topological polar surface area (TPSA) is 29.5 Å². The number of halogens is 1. The average Bonchev–Trinajstić information content (AvgIpc) is 2.51. The van der Waals surface area contributed by atoms with Crippen LogP contribution in [0.4, 0.5) is 0 Å². The Bertz CT molecular complexity index is 498. The van der Waals surface area contributed by atoms with E-state index in [1.165, 1.54) is 11.1 Å². The van der Waals surface area contributed by atoms with Gasteiger partial charge in [-0.1, -0.05) is 19.1 Å².